The maximum atomic E-state index is 11.5. The highest BCUT2D eigenvalue weighted by Gasteiger charge is 2.09. The van der Waals surface area contributed by atoms with E-state index >= 15 is 0 Å². The lowest BCUT2D eigenvalue weighted by molar-refractivity contribution is -0.120. The number of rotatable bonds is 9. The number of carbonyl (C=O) groups excluding carboxylic acids is 1. The molecule has 6 nitrogen and oxygen atoms in total. The lowest BCUT2D eigenvalue weighted by atomic mass is 10.1. The lowest BCUT2D eigenvalue weighted by Crippen LogP contribution is -2.37. The second kappa shape index (κ2) is 9.30. The molecule has 112 valence electrons. The van der Waals surface area contributed by atoms with Crippen LogP contribution in [0.15, 0.2) is 24.3 Å². The predicted molar refractivity (Wildman–Crippen MR) is 75.7 cm³/mol. The van der Waals surface area contributed by atoms with Gasteiger partial charge in [0.25, 0.3) is 0 Å². The quantitative estimate of drug-likeness (QED) is 0.559. The molecule has 0 spiro atoms. The summed E-state index contributed by atoms with van der Waals surface area (Å²) in [6.45, 7) is 1.56. The van der Waals surface area contributed by atoms with Gasteiger partial charge in [0, 0.05) is 20.2 Å². The SMILES string of the molecule is COCCNCC(=O)NCC(O)c1ccc(OC)cc1. The van der Waals surface area contributed by atoms with E-state index in [1.165, 1.54) is 0 Å². The van der Waals surface area contributed by atoms with Crippen molar-refractivity contribution in [3.8, 4) is 5.75 Å². The number of hydrogen-bond acceptors (Lipinski definition) is 5. The van der Waals surface area contributed by atoms with Gasteiger partial charge < -0.3 is 25.2 Å². The first-order valence-electron chi connectivity index (χ1n) is 6.45. The molecule has 1 amide bonds. The number of aliphatic hydroxyl groups is 1. The summed E-state index contributed by atoms with van der Waals surface area (Å²) in [5.41, 5.74) is 0.735. The van der Waals surface area contributed by atoms with Crippen LogP contribution in [0.2, 0.25) is 0 Å². The Morgan fingerprint density at radius 3 is 2.60 bits per heavy atom. The Kier molecular flexibility index (Phi) is 7.64. The van der Waals surface area contributed by atoms with Crippen molar-refractivity contribution in [1.29, 1.82) is 0 Å². The molecule has 3 N–H and O–H groups in total. The van der Waals surface area contributed by atoms with E-state index in [1.807, 2.05) is 0 Å². The van der Waals surface area contributed by atoms with E-state index in [0.29, 0.717) is 13.2 Å². The highest BCUT2D eigenvalue weighted by Crippen LogP contribution is 2.16. The second-order valence-corrected chi connectivity index (χ2v) is 4.26. The van der Waals surface area contributed by atoms with Gasteiger partial charge >= 0.3 is 0 Å². The number of aliphatic hydroxyl groups excluding tert-OH is 1. The van der Waals surface area contributed by atoms with E-state index in [4.69, 9.17) is 9.47 Å². The van der Waals surface area contributed by atoms with Crippen LogP contribution in [0.3, 0.4) is 0 Å². The lowest BCUT2D eigenvalue weighted by Gasteiger charge is -2.13. The molecular formula is C14H22N2O4. The molecule has 0 heterocycles. The zero-order chi connectivity index (χ0) is 14.8. The Labute approximate surface area is 119 Å². The van der Waals surface area contributed by atoms with Crippen LogP contribution in [0, 0.1) is 0 Å². The smallest absolute Gasteiger partial charge is 0.234 e. The van der Waals surface area contributed by atoms with Crippen LogP contribution in [-0.2, 0) is 9.53 Å². The molecule has 0 aromatic heterocycles. The molecule has 20 heavy (non-hydrogen) atoms. The predicted octanol–water partition coefficient (Wildman–Crippen LogP) is 0.0808. The first-order valence-corrected chi connectivity index (χ1v) is 6.45. The molecule has 0 aliphatic heterocycles. The summed E-state index contributed by atoms with van der Waals surface area (Å²) in [7, 11) is 3.19. The van der Waals surface area contributed by atoms with Crippen molar-refractivity contribution in [1.82, 2.24) is 10.6 Å². The largest absolute Gasteiger partial charge is 0.497 e. The number of carbonyl (C=O) groups is 1. The molecule has 1 unspecified atom stereocenters. The fourth-order valence-corrected chi connectivity index (χ4v) is 1.59. The summed E-state index contributed by atoms with van der Waals surface area (Å²) in [4.78, 5) is 11.5. The Hall–Kier alpha value is -1.63. The third-order valence-electron chi connectivity index (χ3n) is 2.76. The van der Waals surface area contributed by atoms with Crippen LogP contribution in [0.25, 0.3) is 0 Å². The Bertz CT molecular complexity index is 395. The molecule has 0 radical (unpaired) electrons. The average Bonchev–Trinajstić information content (AvgIpc) is 2.49. The summed E-state index contributed by atoms with van der Waals surface area (Å²) in [5.74, 6) is 0.570. The van der Waals surface area contributed by atoms with Crippen molar-refractivity contribution in [2.45, 2.75) is 6.10 Å². The molecular weight excluding hydrogens is 260 g/mol. The zero-order valence-corrected chi connectivity index (χ0v) is 11.9. The third-order valence-corrected chi connectivity index (χ3v) is 2.76. The molecule has 1 aromatic rings. The minimum atomic E-state index is -0.733. The number of ether oxygens (including phenoxy) is 2. The minimum Gasteiger partial charge on any atom is -0.497 e. The molecule has 1 rings (SSSR count). The van der Waals surface area contributed by atoms with Crippen molar-refractivity contribution >= 4 is 5.91 Å². The van der Waals surface area contributed by atoms with E-state index < -0.39 is 6.10 Å². The summed E-state index contributed by atoms with van der Waals surface area (Å²) >= 11 is 0. The van der Waals surface area contributed by atoms with Gasteiger partial charge in [0.2, 0.25) is 5.91 Å². The van der Waals surface area contributed by atoms with Gasteiger partial charge in [-0.2, -0.15) is 0 Å². The monoisotopic (exact) mass is 282 g/mol. The Morgan fingerprint density at radius 2 is 2.00 bits per heavy atom. The fraction of sp³-hybridized carbons (Fsp3) is 0.500. The summed E-state index contributed by atoms with van der Waals surface area (Å²) in [6, 6.07) is 7.08. The standard InChI is InChI=1S/C14H22N2O4/c1-19-8-7-15-10-14(18)16-9-13(17)11-3-5-12(20-2)6-4-11/h3-6,13,15,17H,7-10H2,1-2H3,(H,16,18). The molecule has 0 aliphatic carbocycles. The average molecular weight is 282 g/mol. The molecule has 0 bridgehead atoms. The molecule has 1 atom stereocenters. The molecule has 0 fully saturated rings. The van der Waals surface area contributed by atoms with Gasteiger partial charge in [-0.1, -0.05) is 12.1 Å². The molecule has 6 heteroatoms. The topological polar surface area (TPSA) is 79.8 Å². The van der Waals surface area contributed by atoms with Gasteiger partial charge in [0.1, 0.15) is 5.75 Å². The van der Waals surface area contributed by atoms with Gasteiger partial charge in [0.15, 0.2) is 0 Å². The third kappa shape index (κ3) is 6.01. The number of hydrogen-bond donors (Lipinski definition) is 3. The van der Waals surface area contributed by atoms with Crippen molar-refractivity contribution in [3.63, 3.8) is 0 Å². The van der Waals surface area contributed by atoms with Crippen LogP contribution >= 0.6 is 0 Å². The highest BCUT2D eigenvalue weighted by molar-refractivity contribution is 5.78. The fourth-order valence-electron chi connectivity index (χ4n) is 1.59. The highest BCUT2D eigenvalue weighted by atomic mass is 16.5. The summed E-state index contributed by atoms with van der Waals surface area (Å²) < 4.78 is 9.90. The van der Waals surface area contributed by atoms with Gasteiger partial charge in [-0.3, -0.25) is 4.79 Å². The van der Waals surface area contributed by atoms with E-state index in [0.717, 1.165) is 11.3 Å². The molecule has 0 saturated heterocycles. The second-order valence-electron chi connectivity index (χ2n) is 4.26. The van der Waals surface area contributed by atoms with Crippen LogP contribution in [0.4, 0.5) is 0 Å². The Balaban J connectivity index is 2.27. The first-order chi connectivity index (χ1) is 9.67. The van der Waals surface area contributed by atoms with E-state index in [2.05, 4.69) is 10.6 Å². The van der Waals surface area contributed by atoms with Crippen molar-refractivity contribution in [2.75, 3.05) is 40.5 Å². The number of amides is 1. The maximum Gasteiger partial charge on any atom is 0.234 e. The van der Waals surface area contributed by atoms with Crippen LogP contribution < -0.4 is 15.4 Å². The van der Waals surface area contributed by atoms with Crippen molar-refractivity contribution in [3.05, 3.63) is 29.8 Å². The van der Waals surface area contributed by atoms with Crippen LogP contribution in [0.5, 0.6) is 5.75 Å². The zero-order valence-electron chi connectivity index (χ0n) is 11.9. The normalized spacial score (nSPS) is 11.9. The number of methoxy groups -OCH3 is 2. The van der Waals surface area contributed by atoms with Gasteiger partial charge in [-0.15, -0.1) is 0 Å². The first kappa shape index (κ1) is 16.4. The number of benzene rings is 1. The molecule has 0 aliphatic rings. The molecule has 1 aromatic carbocycles. The maximum absolute atomic E-state index is 11.5. The summed E-state index contributed by atoms with van der Waals surface area (Å²) in [6.07, 6.45) is -0.733. The summed E-state index contributed by atoms with van der Waals surface area (Å²) in [5, 5.41) is 15.5. The minimum absolute atomic E-state index is 0.159. The van der Waals surface area contributed by atoms with Gasteiger partial charge in [-0.05, 0) is 17.7 Å². The van der Waals surface area contributed by atoms with Crippen molar-refractivity contribution in [2.24, 2.45) is 0 Å². The van der Waals surface area contributed by atoms with Gasteiger partial charge in [0.05, 0.1) is 26.4 Å². The van der Waals surface area contributed by atoms with Crippen molar-refractivity contribution < 1.29 is 19.4 Å². The van der Waals surface area contributed by atoms with E-state index in [9.17, 15) is 9.90 Å². The van der Waals surface area contributed by atoms with E-state index in [-0.39, 0.29) is 19.0 Å². The Morgan fingerprint density at radius 1 is 1.30 bits per heavy atom. The van der Waals surface area contributed by atoms with Crippen LogP contribution in [-0.4, -0.2) is 51.5 Å². The number of nitrogens with one attached hydrogen (secondary N) is 2. The van der Waals surface area contributed by atoms with Crippen LogP contribution in [0.1, 0.15) is 11.7 Å². The molecule has 0 saturated carbocycles. The van der Waals surface area contributed by atoms with Gasteiger partial charge in [-0.25, -0.2) is 0 Å². The van der Waals surface area contributed by atoms with E-state index in [1.54, 1.807) is 38.5 Å².